The van der Waals surface area contributed by atoms with Crippen molar-refractivity contribution in [3.63, 3.8) is 0 Å². The minimum atomic E-state index is -0.389. The molecule has 3 rings (SSSR count). The molecule has 1 fully saturated rings. The van der Waals surface area contributed by atoms with E-state index in [1.807, 2.05) is 39.1 Å². The molecular weight excluding hydrogens is 322 g/mol. The Morgan fingerprint density at radius 2 is 1.92 bits per heavy atom. The summed E-state index contributed by atoms with van der Waals surface area (Å²) in [5, 5.41) is 3.00. The van der Waals surface area contributed by atoms with Gasteiger partial charge in [0.25, 0.3) is 5.91 Å². The average Bonchev–Trinajstić information content (AvgIpc) is 3.28. The standard InChI is InChI=1S/C18H21N3O2S/c1-11-4-6-14(7-5-11)17(23)20-18-21(10-12(2)24-18)13(3)16(22)19-15-8-9-15/h4-7,10,13,15H,8-9H2,1-3H3,(H,19,22)/t13-/m0/s1. The van der Waals surface area contributed by atoms with Gasteiger partial charge in [0.2, 0.25) is 5.91 Å². The molecule has 0 spiro atoms. The number of carbonyl (C=O) groups is 2. The van der Waals surface area contributed by atoms with Gasteiger partial charge in [0.15, 0.2) is 4.80 Å². The lowest BCUT2D eigenvalue weighted by Crippen LogP contribution is -2.35. The van der Waals surface area contributed by atoms with E-state index in [2.05, 4.69) is 10.3 Å². The molecule has 1 atom stereocenters. The Labute approximate surface area is 145 Å². The summed E-state index contributed by atoms with van der Waals surface area (Å²) in [7, 11) is 0. The Kier molecular flexibility index (Phi) is 4.66. The van der Waals surface area contributed by atoms with Crippen LogP contribution in [0.25, 0.3) is 0 Å². The number of hydrogen-bond donors (Lipinski definition) is 1. The zero-order valence-corrected chi connectivity index (χ0v) is 14.9. The second kappa shape index (κ2) is 6.73. The van der Waals surface area contributed by atoms with Gasteiger partial charge >= 0.3 is 0 Å². The van der Waals surface area contributed by atoms with Crippen LogP contribution in [-0.4, -0.2) is 22.4 Å². The van der Waals surface area contributed by atoms with Crippen LogP contribution in [0.3, 0.4) is 0 Å². The molecule has 0 radical (unpaired) electrons. The first-order chi connectivity index (χ1) is 11.4. The van der Waals surface area contributed by atoms with Crippen LogP contribution in [-0.2, 0) is 4.79 Å². The maximum absolute atomic E-state index is 12.4. The quantitative estimate of drug-likeness (QED) is 0.928. The summed E-state index contributed by atoms with van der Waals surface area (Å²) in [5.41, 5.74) is 1.65. The number of aryl methyl sites for hydroxylation is 2. The van der Waals surface area contributed by atoms with E-state index < -0.39 is 0 Å². The highest BCUT2D eigenvalue weighted by Gasteiger charge is 2.26. The summed E-state index contributed by atoms with van der Waals surface area (Å²) in [5.74, 6) is -0.320. The largest absolute Gasteiger partial charge is 0.352 e. The Hall–Kier alpha value is -2.21. The molecule has 1 heterocycles. The van der Waals surface area contributed by atoms with Crippen molar-refractivity contribution in [2.45, 2.75) is 45.7 Å². The fourth-order valence-electron chi connectivity index (χ4n) is 2.36. The first kappa shape index (κ1) is 16.6. The summed E-state index contributed by atoms with van der Waals surface area (Å²) >= 11 is 1.42. The van der Waals surface area contributed by atoms with Gasteiger partial charge in [-0.3, -0.25) is 9.59 Å². The van der Waals surface area contributed by atoms with Gasteiger partial charge < -0.3 is 9.88 Å². The lowest BCUT2D eigenvalue weighted by atomic mass is 10.1. The molecule has 24 heavy (non-hydrogen) atoms. The fourth-order valence-corrected chi connectivity index (χ4v) is 3.25. The van der Waals surface area contributed by atoms with Crippen molar-refractivity contribution in [2.24, 2.45) is 4.99 Å². The second-order valence-electron chi connectivity index (χ2n) is 6.27. The van der Waals surface area contributed by atoms with Crippen molar-refractivity contribution >= 4 is 23.2 Å². The zero-order valence-electron chi connectivity index (χ0n) is 14.1. The topological polar surface area (TPSA) is 63.5 Å². The SMILES string of the molecule is Cc1ccc(C(=O)N=c2sc(C)cn2[C@@H](C)C(=O)NC2CC2)cc1. The molecule has 1 N–H and O–H groups in total. The Balaban J connectivity index is 1.88. The molecule has 0 aliphatic heterocycles. The van der Waals surface area contributed by atoms with Crippen molar-refractivity contribution in [3.05, 3.63) is 51.3 Å². The maximum Gasteiger partial charge on any atom is 0.279 e. The fraction of sp³-hybridized carbons (Fsp3) is 0.389. The molecule has 1 aliphatic carbocycles. The predicted molar refractivity (Wildman–Crippen MR) is 94.0 cm³/mol. The van der Waals surface area contributed by atoms with Crippen LogP contribution >= 0.6 is 11.3 Å². The molecule has 0 bridgehead atoms. The van der Waals surface area contributed by atoms with Gasteiger partial charge in [-0.25, -0.2) is 0 Å². The van der Waals surface area contributed by atoms with Gasteiger partial charge in [0, 0.05) is 22.7 Å². The summed E-state index contributed by atoms with van der Waals surface area (Å²) in [6.45, 7) is 5.75. The number of nitrogens with zero attached hydrogens (tertiary/aromatic N) is 2. The van der Waals surface area contributed by atoms with E-state index >= 15 is 0 Å². The molecule has 0 unspecified atom stereocenters. The van der Waals surface area contributed by atoms with Gasteiger partial charge in [-0.05, 0) is 45.7 Å². The number of amides is 2. The van der Waals surface area contributed by atoms with Crippen molar-refractivity contribution in [2.75, 3.05) is 0 Å². The van der Waals surface area contributed by atoms with Gasteiger partial charge in [-0.1, -0.05) is 17.7 Å². The Morgan fingerprint density at radius 1 is 1.25 bits per heavy atom. The molecule has 1 aliphatic rings. The molecule has 2 aromatic rings. The number of aromatic nitrogens is 1. The third-order valence-corrected chi connectivity index (χ3v) is 4.92. The van der Waals surface area contributed by atoms with Crippen LogP contribution in [0.1, 0.15) is 46.6 Å². The van der Waals surface area contributed by atoms with Gasteiger partial charge in [0.05, 0.1) is 0 Å². The van der Waals surface area contributed by atoms with Crippen molar-refractivity contribution in [1.82, 2.24) is 9.88 Å². The smallest absolute Gasteiger partial charge is 0.279 e. The molecule has 6 heteroatoms. The summed E-state index contributed by atoms with van der Waals surface area (Å²) in [6.07, 6.45) is 3.98. The highest BCUT2D eigenvalue weighted by atomic mass is 32.1. The van der Waals surface area contributed by atoms with E-state index in [1.165, 1.54) is 11.3 Å². The number of nitrogens with one attached hydrogen (secondary N) is 1. The normalized spacial score (nSPS) is 16.0. The molecule has 0 saturated heterocycles. The summed E-state index contributed by atoms with van der Waals surface area (Å²) in [6, 6.07) is 7.25. The van der Waals surface area contributed by atoms with Gasteiger partial charge in [-0.15, -0.1) is 11.3 Å². The number of hydrogen-bond acceptors (Lipinski definition) is 3. The Morgan fingerprint density at radius 3 is 2.54 bits per heavy atom. The highest BCUT2D eigenvalue weighted by molar-refractivity contribution is 7.09. The molecule has 1 saturated carbocycles. The van der Waals surface area contributed by atoms with Crippen molar-refractivity contribution in [1.29, 1.82) is 0 Å². The lowest BCUT2D eigenvalue weighted by Gasteiger charge is -2.13. The molecule has 5 nitrogen and oxygen atoms in total. The van der Waals surface area contributed by atoms with E-state index in [0.29, 0.717) is 16.4 Å². The first-order valence-corrected chi connectivity index (χ1v) is 8.90. The van der Waals surface area contributed by atoms with Gasteiger partial charge in [-0.2, -0.15) is 4.99 Å². The van der Waals surface area contributed by atoms with E-state index in [0.717, 1.165) is 23.3 Å². The minimum Gasteiger partial charge on any atom is -0.352 e. The van der Waals surface area contributed by atoms with Crippen molar-refractivity contribution in [3.8, 4) is 0 Å². The molecule has 2 amide bonds. The summed E-state index contributed by atoms with van der Waals surface area (Å²) < 4.78 is 1.78. The number of benzene rings is 1. The lowest BCUT2D eigenvalue weighted by molar-refractivity contribution is -0.124. The first-order valence-electron chi connectivity index (χ1n) is 8.08. The molecule has 1 aromatic heterocycles. The van der Waals surface area contributed by atoms with E-state index in [9.17, 15) is 9.59 Å². The van der Waals surface area contributed by atoms with E-state index in [-0.39, 0.29) is 17.9 Å². The van der Waals surface area contributed by atoms with Crippen LogP contribution in [0, 0.1) is 13.8 Å². The van der Waals surface area contributed by atoms with Crippen LogP contribution in [0.4, 0.5) is 0 Å². The zero-order chi connectivity index (χ0) is 17.3. The van der Waals surface area contributed by atoms with Crippen LogP contribution in [0.15, 0.2) is 35.5 Å². The number of rotatable bonds is 4. The average molecular weight is 343 g/mol. The van der Waals surface area contributed by atoms with E-state index in [4.69, 9.17) is 0 Å². The minimum absolute atomic E-state index is 0.0282. The monoisotopic (exact) mass is 343 g/mol. The maximum atomic E-state index is 12.4. The highest BCUT2D eigenvalue weighted by Crippen LogP contribution is 2.20. The molecule has 126 valence electrons. The van der Waals surface area contributed by atoms with Crippen LogP contribution in [0.2, 0.25) is 0 Å². The third kappa shape index (κ3) is 3.82. The van der Waals surface area contributed by atoms with Gasteiger partial charge in [0.1, 0.15) is 6.04 Å². The summed E-state index contributed by atoms with van der Waals surface area (Å²) in [4.78, 5) is 30.5. The second-order valence-corrected chi connectivity index (χ2v) is 7.49. The predicted octanol–water partition coefficient (Wildman–Crippen LogP) is 2.75. The third-order valence-electron chi connectivity index (χ3n) is 4.01. The number of thiazole rings is 1. The van der Waals surface area contributed by atoms with Crippen LogP contribution in [0.5, 0.6) is 0 Å². The number of carbonyl (C=O) groups excluding carboxylic acids is 2. The van der Waals surface area contributed by atoms with E-state index in [1.54, 1.807) is 16.7 Å². The molecular formula is C18H21N3O2S. The van der Waals surface area contributed by atoms with Crippen molar-refractivity contribution < 1.29 is 9.59 Å². The molecule has 1 aromatic carbocycles. The Bertz CT molecular complexity index is 829. The van der Waals surface area contributed by atoms with Crippen LogP contribution < -0.4 is 10.1 Å².